The van der Waals surface area contributed by atoms with Gasteiger partial charge in [0.05, 0.1) is 12.1 Å². The van der Waals surface area contributed by atoms with Crippen molar-refractivity contribution >= 4 is 18.3 Å². The van der Waals surface area contributed by atoms with E-state index in [1.165, 1.54) is 0 Å². The molecule has 22 heavy (non-hydrogen) atoms. The molecule has 0 spiro atoms. The predicted molar refractivity (Wildman–Crippen MR) is 88.2 cm³/mol. The lowest BCUT2D eigenvalue weighted by atomic mass is 10.1. The van der Waals surface area contributed by atoms with Crippen molar-refractivity contribution in [3.63, 3.8) is 0 Å². The second kappa shape index (κ2) is 6.99. The highest BCUT2D eigenvalue weighted by molar-refractivity contribution is 5.96. The molecule has 1 amide bonds. The van der Waals surface area contributed by atoms with Crippen molar-refractivity contribution in [2.75, 3.05) is 20.6 Å². The van der Waals surface area contributed by atoms with Gasteiger partial charge < -0.3 is 14.2 Å². The SMILES string of the molecule is CN(C)Cc1cc2c(o1)CCN(Cc1ccccc1)C2=O.Cl. The Balaban J connectivity index is 0.00000176. The summed E-state index contributed by atoms with van der Waals surface area (Å²) in [6.07, 6.45) is 0.793. The second-order valence-corrected chi connectivity index (χ2v) is 5.75. The van der Waals surface area contributed by atoms with Gasteiger partial charge in [-0.3, -0.25) is 4.79 Å². The first-order valence-electron chi connectivity index (χ1n) is 7.23. The molecule has 1 aromatic carbocycles. The quantitative estimate of drug-likeness (QED) is 0.869. The number of carbonyl (C=O) groups excluding carboxylic acids is 1. The molecule has 1 aliphatic rings. The number of fused-ring (bicyclic) bond motifs is 1. The summed E-state index contributed by atoms with van der Waals surface area (Å²) in [6, 6.07) is 12.0. The smallest absolute Gasteiger partial charge is 0.257 e. The Bertz CT molecular complexity index is 637. The summed E-state index contributed by atoms with van der Waals surface area (Å²) in [5.74, 6) is 1.77. The van der Waals surface area contributed by atoms with Crippen molar-refractivity contribution in [3.8, 4) is 0 Å². The Morgan fingerprint density at radius 3 is 2.64 bits per heavy atom. The normalized spacial score (nSPS) is 14.0. The van der Waals surface area contributed by atoms with Crippen LogP contribution in [0, 0.1) is 0 Å². The van der Waals surface area contributed by atoms with E-state index in [-0.39, 0.29) is 18.3 Å². The third-order valence-electron chi connectivity index (χ3n) is 3.67. The molecule has 0 fully saturated rings. The predicted octanol–water partition coefficient (Wildman–Crippen LogP) is 2.96. The molecule has 0 radical (unpaired) electrons. The summed E-state index contributed by atoms with van der Waals surface area (Å²) in [4.78, 5) is 16.5. The molecule has 0 saturated heterocycles. The van der Waals surface area contributed by atoms with Gasteiger partial charge in [-0.2, -0.15) is 0 Å². The van der Waals surface area contributed by atoms with Crippen LogP contribution in [-0.2, 0) is 19.5 Å². The number of amides is 1. The lowest BCUT2D eigenvalue weighted by Gasteiger charge is -2.26. The van der Waals surface area contributed by atoms with E-state index < -0.39 is 0 Å². The first-order valence-corrected chi connectivity index (χ1v) is 7.23. The van der Waals surface area contributed by atoms with Gasteiger partial charge in [0.1, 0.15) is 11.5 Å². The molecule has 1 aromatic heterocycles. The minimum absolute atomic E-state index is 0. The van der Waals surface area contributed by atoms with E-state index in [0.717, 1.165) is 42.2 Å². The van der Waals surface area contributed by atoms with Crippen molar-refractivity contribution < 1.29 is 9.21 Å². The Morgan fingerprint density at radius 2 is 1.95 bits per heavy atom. The zero-order valence-corrected chi connectivity index (χ0v) is 13.7. The topological polar surface area (TPSA) is 36.7 Å². The summed E-state index contributed by atoms with van der Waals surface area (Å²) >= 11 is 0. The van der Waals surface area contributed by atoms with Gasteiger partial charge in [-0.05, 0) is 25.7 Å². The summed E-state index contributed by atoms with van der Waals surface area (Å²) in [5, 5.41) is 0. The fourth-order valence-electron chi connectivity index (χ4n) is 2.70. The molecule has 0 atom stereocenters. The number of halogens is 1. The maximum atomic E-state index is 12.6. The van der Waals surface area contributed by atoms with Crippen LogP contribution in [0.1, 0.15) is 27.4 Å². The lowest BCUT2D eigenvalue weighted by molar-refractivity contribution is 0.0720. The number of benzene rings is 1. The first-order chi connectivity index (χ1) is 10.1. The minimum atomic E-state index is 0. The van der Waals surface area contributed by atoms with Crippen LogP contribution in [-0.4, -0.2) is 36.3 Å². The number of furan rings is 1. The molecule has 4 nitrogen and oxygen atoms in total. The highest BCUT2D eigenvalue weighted by Crippen LogP contribution is 2.24. The van der Waals surface area contributed by atoms with E-state index in [9.17, 15) is 4.79 Å². The zero-order chi connectivity index (χ0) is 14.8. The molecule has 3 rings (SSSR count). The number of hydrogen-bond donors (Lipinski definition) is 0. The van der Waals surface area contributed by atoms with Crippen LogP contribution in [0.15, 0.2) is 40.8 Å². The number of hydrogen-bond acceptors (Lipinski definition) is 3. The van der Waals surface area contributed by atoms with Crippen molar-refractivity contribution in [2.24, 2.45) is 0 Å². The average molecular weight is 321 g/mol. The molecular formula is C17H21ClN2O2. The van der Waals surface area contributed by atoms with Crippen LogP contribution < -0.4 is 0 Å². The molecule has 0 unspecified atom stereocenters. The Morgan fingerprint density at radius 1 is 1.23 bits per heavy atom. The molecule has 5 heteroatoms. The van der Waals surface area contributed by atoms with Crippen LogP contribution in [0.25, 0.3) is 0 Å². The van der Waals surface area contributed by atoms with Crippen molar-refractivity contribution in [1.29, 1.82) is 0 Å². The van der Waals surface area contributed by atoms with E-state index in [4.69, 9.17) is 4.42 Å². The van der Waals surface area contributed by atoms with Crippen molar-refractivity contribution in [2.45, 2.75) is 19.5 Å². The van der Waals surface area contributed by atoms with Crippen LogP contribution in [0.2, 0.25) is 0 Å². The molecule has 0 aliphatic carbocycles. The van der Waals surface area contributed by atoms with E-state index in [1.807, 2.05) is 48.2 Å². The third-order valence-corrected chi connectivity index (χ3v) is 3.67. The molecule has 0 saturated carbocycles. The molecule has 118 valence electrons. The Labute approximate surface area is 137 Å². The maximum Gasteiger partial charge on any atom is 0.257 e. The summed E-state index contributed by atoms with van der Waals surface area (Å²) in [7, 11) is 3.98. The van der Waals surface area contributed by atoms with E-state index in [0.29, 0.717) is 6.54 Å². The van der Waals surface area contributed by atoms with Gasteiger partial charge in [-0.25, -0.2) is 0 Å². The van der Waals surface area contributed by atoms with Gasteiger partial charge in [0.25, 0.3) is 5.91 Å². The summed E-state index contributed by atoms with van der Waals surface area (Å²) in [5.41, 5.74) is 1.89. The molecule has 0 N–H and O–H groups in total. The minimum Gasteiger partial charge on any atom is -0.464 e. The summed E-state index contributed by atoms with van der Waals surface area (Å²) in [6.45, 7) is 2.10. The van der Waals surface area contributed by atoms with Gasteiger partial charge in [0, 0.05) is 19.5 Å². The highest BCUT2D eigenvalue weighted by Gasteiger charge is 2.28. The first kappa shape index (κ1) is 16.6. The molecule has 0 bridgehead atoms. The zero-order valence-electron chi connectivity index (χ0n) is 12.9. The van der Waals surface area contributed by atoms with Gasteiger partial charge in [-0.15, -0.1) is 12.4 Å². The van der Waals surface area contributed by atoms with E-state index in [2.05, 4.69) is 12.1 Å². The Hall–Kier alpha value is -1.78. The number of nitrogens with zero attached hydrogens (tertiary/aromatic N) is 2. The van der Waals surface area contributed by atoms with Crippen molar-refractivity contribution in [3.05, 3.63) is 59.0 Å². The molecular weight excluding hydrogens is 300 g/mol. The van der Waals surface area contributed by atoms with Crippen LogP contribution in [0.4, 0.5) is 0 Å². The number of rotatable bonds is 4. The fraction of sp³-hybridized carbons (Fsp3) is 0.353. The third kappa shape index (κ3) is 3.51. The molecule has 2 aromatic rings. The van der Waals surface area contributed by atoms with Gasteiger partial charge >= 0.3 is 0 Å². The van der Waals surface area contributed by atoms with Crippen LogP contribution >= 0.6 is 12.4 Å². The lowest BCUT2D eigenvalue weighted by Crippen LogP contribution is -2.36. The monoisotopic (exact) mass is 320 g/mol. The van der Waals surface area contributed by atoms with E-state index >= 15 is 0 Å². The average Bonchev–Trinajstić information content (AvgIpc) is 2.86. The largest absolute Gasteiger partial charge is 0.464 e. The molecule has 1 aliphatic heterocycles. The van der Waals surface area contributed by atoms with Gasteiger partial charge in [-0.1, -0.05) is 30.3 Å². The van der Waals surface area contributed by atoms with Crippen molar-refractivity contribution in [1.82, 2.24) is 9.80 Å². The van der Waals surface area contributed by atoms with Gasteiger partial charge in [0.2, 0.25) is 0 Å². The standard InChI is InChI=1S/C17H20N2O2.ClH/c1-18(2)12-14-10-15-16(21-14)8-9-19(17(15)20)11-13-6-4-3-5-7-13;/h3-7,10H,8-9,11-12H2,1-2H3;1H. The van der Waals surface area contributed by atoms with Gasteiger partial charge in [0.15, 0.2) is 0 Å². The number of carbonyl (C=O) groups is 1. The van der Waals surface area contributed by atoms with Crippen LogP contribution in [0.5, 0.6) is 0 Å². The van der Waals surface area contributed by atoms with Crippen LogP contribution in [0.3, 0.4) is 0 Å². The Kier molecular flexibility index (Phi) is 5.27. The highest BCUT2D eigenvalue weighted by atomic mass is 35.5. The fourth-order valence-corrected chi connectivity index (χ4v) is 2.70. The molecule has 2 heterocycles. The summed E-state index contributed by atoms with van der Waals surface area (Å²) < 4.78 is 5.80. The second-order valence-electron chi connectivity index (χ2n) is 5.75. The van der Waals surface area contributed by atoms with E-state index in [1.54, 1.807) is 0 Å². The maximum absolute atomic E-state index is 12.6.